The molecule has 0 aliphatic heterocycles. The Morgan fingerprint density at radius 1 is 1.20 bits per heavy atom. The van der Waals surface area contributed by atoms with E-state index in [0.29, 0.717) is 11.3 Å². The minimum atomic E-state index is -0.787. The van der Waals surface area contributed by atoms with Crippen LogP contribution in [-0.4, -0.2) is 24.2 Å². The molecule has 0 unspecified atom stereocenters. The molecule has 2 aromatic carbocycles. The van der Waals surface area contributed by atoms with Crippen LogP contribution in [0, 0.1) is 6.92 Å². The number of amides is 1. The molecule has 0 saturated carbocycles. The highest BCUT2D eigenvalue weighted by molar-refractivity contribution is 5.88. The second-order valence-electron chi connectivity index (χ2n) is 7.35. The standard InChI is InChI=1S/C24H27NO5/c1-3-4-8-18-13-23(28)30-21-12-16(2)11-20(24(18)21)29-15-22(27)25-14-19(26)17-9-6-5-7-10-17/h5-7,9-13,19,26H,3-4,8,14-15H2,1-2H3,(H,25,27)/t19-/m1/s1. The molecule has 1 atom stereocenters. The van der Waals surface area contributed by atoms with Gasteiger partial charge >= 0.3 is 5.63 Å². The van der Waals surface area contributed by atoms with Crippen LogP contribution >= 0.6 is 0 Å². The van der Waals surface area contributed by atoms with Crippen molar-refractivity contribution in [3.05, 3.63) is 75.6 Å². The van der Waals surface area contributed by atoms with Gasteiger partial charge in [0.2, 0.25) is 0 Å². The highest BCUT2D eigenvalue weighted by Gasteiger charge is 2.15. The molecule has 0 fully saturated rings. The molecule has 6 heteroatoms. The van der Waals surface area contributed by atoms with Gasteiger partial charge in [-0.15, -0.1) is 0 Å². The maximum Gasteiger partial charge on any atom is 0.336 e. The summed E-state index contributed by atoms with van der Waals surface area (Å²) in [7, 11) is 0. The van der Waals surface area contributed by atoms with Gasteiger partial charge in [0.1, 0.15) is 11.3 Å². The first-order valence-electron chi connectivity index (χ1n) is 10.2. The first-order valence-corrected chi connectivity index (χ1v) is 10.2. The maximum absolute atomic E-state index is 12.3. The van der Waals surface area contributed by atoms with E-state index in [4.69, 9.17) is 9.15 Å². The molecule has 0 radical (unpaired) electrons. The fraction of sp³-hybridized carbons (Fsp3) is 0.333. The van der Waals surface area contributed by atoms with Gasteiger partial charge in [-0.05, 0) is 48.6 Å². The van der Waals surface area contributed by atoms with Gasteiger partial charge in [-0.25, -0.2) is 4.79 Å². The van der Waals surface area contributed by atoms with Crippen LogP contribution < -0.4 is 15.7 Å². The molecular formula is C24H27NO5. The number of hydrogen-bond donors (Lipinski definition) is 2. The van der Waals surface area contributed by atoms with Crippen molar-refractivity contribution in [2.75, 3.05) is 13.2 Å². The summed E-state index contributed by atoms with van der Waals surface area (Å²) in [6.07, 6.45) is 1.87. The Kier molecular flexibility index (Phi) is 7.25. The van der Waals surface area contributed by atoms with E-state index in [-0.39, 0.29) is 19.1 Å². The Morgan fingerprint density at radius 3 is 2.70 bits per heavy atom. The Morgan fingerprint density at radius 2 is 1.97 bits per heavy atom. The van der Waals surface area contributed by atoms with E-state index in [2.05, 4.69) is 12.2 Å². The number of carbonyl (C=O) groups is 1. The molecule has 1 amide bonds. The quantitative estimate of drug-likeness (QED) is 0.527. The van der Waals surface area contributed by atoms with Gasteiger partial charge in [0.25, 0.3) is 5.91 Å². The molecule has 2 N–H and O–H groups in total. The largest absolute Gasteiger partial charge is 0.483 e. The number of aliphatic hydroxyl groups excluding tert-OH is 1. The predicted molar refractivity (Wildman–Crippen MR) is 116 cm³/mol. The van der Waals surface area contributed by atoms with Gasteiger partial charge in [0.15, 0.2) is 6.61 Å². The molecule has 3 rings (SSSR count). The Hall–Kier alpha value is -3.12. The first-order chi connectivity index (χ1) is 14.5. The molecule has 0 aliphatic rings. The number of aliphatic hydroxyl groups is 1. The molecule has 1 heterocycles. The number of aryl methyl sites for hydroxylation is 2. The van der Waals surface area contributed by atoms with Crippen LogP contribution in [0.2, 0.25) is 0 Å². The fourth-order valence-electron chi connectivity index (χ4n) is 3.35. The minimum absolute atomic E-state index is 0.0946. The summed E-state index contributed by atoms with van der Waals surface area (Å²) in [5.74, 6) is 0.172. The van der Waals surface area contributed by atoms with Crippen molar-refractivity contribution >= 4 is 16.9 Å². The van der Waals surface area contributed by atoms with Gasteiger partial charge in [-0.1, -0.05) is 43.7 Å². The lowest BCUT2D eigenvalue weighted by molar-refractivity contribution is -0.123. The summed E-state index contributed by atoms with van der Waals surface area (Å²) in [5.41, 5.74) is 2.53. The van der Waals surface area contributed by atoms with Crippen molar-refractivity contribution < 1.29 is 19.1 Å². The lowest BCUT2D eigenvalue weighted by Gasteiger charge is -2.14. The minimum Gasteiger partial charge on any atom is -0.483 e. The molecule has 0 spiro atoms. The fourth-order valence-corrected chi connectivity index (χ4v) is 3.35. The summed E-state index contributed by atoms with van der Waals surface area (Å²) in [4.78, 5) is 24.2. The number of rotatable bonds is 9. The number of carbonyl (C=O) groups excluding carboxylic acids is 1. The van der Waals surface area contributed by atoms with Crippen LogP contribution in [0.1, 0.15) is 42.6 Å². The smallest absolute Gasteiger partial charge is 0.336 e. The topological polar surface area (TPSA) is 88.8 Å². The monoisotopic (exact) mass is 409 g/mol. The van der Waals surface area contributed by atoms with Crippen molar-refractivity contribution in [2.45, 2.75) is 39.2 Å². The molecule has 6 nitrogen and oxygen atoms in total. The molecular weight excluding hydrogens is 382 g/mol. The van der Waals surface area contributed by atoms with E-state index in [1.54, 1.807) is 18.2 Å². The van der Waals surface area contributed by atoms with Crippen molar-refractivity contribution in [2.24, 2.45) is 0 Å². The highest BCUT2D eigenvalue weighted by Crippen LogP contribution is 2.30. The van der Waals surface area contributed by atoms with Crippen LogP contribution in [0.25, 0.3) is 11.0 Å². The number of benzene rings is 2. The van der Waals surface area contributed by atoms with Gasteiger partial charge < -0.3 is 19.6 Å². The maximum atomic E-state index is 12.3. The average Bonchev–Trinajstić information content (AvgIpc) is 2.74. The number of ether oxygens (including phenoxy) is 1. The third-order valence-corrected chi connectivity index (χ3v) is 4.87. The predicted octanol–water partition coefficient (Wildman–Crippen LogP) is 3.67. The van der Waals surface area contributed by atoms with Crippen molar-refractivity contribution in [3.8, 4) is 5.75 Å². The lowest BCUT2D eigenvalue weighted by atomic mass is 10.0. The Balaban J connectivity index is 1.71. The third kappa shape index (κ3) is 5.48. The zero-order chi connectivity index (χ0) is 21.5. The Labute approximate surface area is 175 Å². The average molecular weight is 409 g/mol. The van der Waals surface area contributed by atoms with Crippen molar-refractivity contribution in [3.63, 3.8) is 0 Å². The van der Waals surface area contributed by atoms with E-state index >= 15 is 0 Å². The van der Waals surface area contributed by atoms with E-state index in [1.165, 1.54) is 6.07 Å². The van der Waals surface area contributed by atoms with Crippen LogP contribution in [0.4, 0.5) is 0 Å². The summed E-state index contributed by atoms with van der Waals surface area (Å²) in [6.45, 7) is 3.86. The van der Waals surface area contributed by atoms with Gasteiger partial charge in [0, 0.05) is 12.6 Å². The van der Waals surface area contributed by atoms with Crippen LogP contribution in [0.3, 0.4) is 0 Å². The highest BCUT2D eigenvalue weighted by atomic mass is 16.5. The van der Waals surface area contributed by atoms with E-state index < -0.39 is 11.7 Å². The van der Waals surface area contributed by atoms with Crippen molar-refractivity contribution in [1.82, 2.24) is 5.32 Å². The normalized spacial score (nSPS) is 12.0. The van der Waals surface area contributed by atoms with Gasteiger partial charge in [-0.3, -0.25) is 4.79 Å². The van der Waals surface area contributed by atoms with E-state index in [9.17, 15) is 14.7 Å². The molecule has 158 valence electrons. The van der Waals surface area contributed by atoms with E-state index in [0.717, 1.165) is 41.3 Å². The summed E-state index contributed by atoms with van der Waals surface area (Å²) < 4.78 is 11.2. The zero-order valence-electron chi connectivity index (χ0n) is 17.3. The van der Waals surface area contributed by atoms with Gasteiger partial charge in [0.05, 0.1) is 11.5 Å². The van der Waals surface area contributed by atoms with Crippen LogP contribution in [-0.2, 0) is 11.2 Å². The Bertz CT molecular complexity index is 1060. The SMILES string of the molecule is CCCCc1cc(=O)oc2cc(C)cc(OCC(=O)NC[C@@H](O)c3ccccc3)c12. The molecule has 0 bridgehead atoms. The summed E-state index contributed by atoms with van der Waals surface area (Å²) in [6, 6.07) is 14.3. The summed E-state index contributed by atoms with van der Waals surface area (Å²) >= 11 is 0. The summed E-state index contributed by atoms with van der Waals surface area (Å²) in [5, 5.41) is 13.6. The van der Waals surface area contributed by atoms with Crippen molar-refractivity contribution in [1.29, 1.82) is 0 Å². The van der Waals surface area contributed by atoms with Crippen LogP contribution in [0.5, 0.6) is 5.75 Å². The molecule has 3 aromatic rings. The number of fused-ring (bicyclic) bond motifs is 1. The first kappa shape index (κ1) is 21.6. The van der Waals surface area contributed by atoms with Gasteiger partial charge in [-0.2, -0.15) is 0 Å². The third-order valence-electron chi connectivity index (χ3n) is 4.87. The number of nitrogens with one attached hydrogen (secondary N) is 1. The number of hydrogen-bond acceptors (Lipinski definition) is 5. The molecule has 30 heavy (non-hydrogen) atoms. The second kappa shape index (κ2) is 10.1. The second-order valence-corrected chi connectivity index (χ2v) is 7.35. The number of unbranched alkanes of at least 4 members (excludes halogenated alkanes) is 1. The molecule has 0 saturated heterocycles. The lowest BCUT2D eigenvalue weighted by Crippen LogP contribution is -2.32. The zero-order valence-corrected chi connectivity index (χ0v) is 17.3. The van der Waals surface area contributed by atoms with Crippen LogP contribution in [0.15, 0.2) is 57.7 Å². The molecule has 0 aliphatic carbocycles. The molecule has 1 aromatic heterocycles. The van der Waals surface area contributed by atoms with E-state index in [1.807, 2.05) is 31.2 Å².